The normalized spacial score (nSPS) is 17.7. The van der Waals surface area contributed by atoms with E-state index in [4.69, 9.17) is 5.73 Å². The van der Waals surface area contributed by atoms with Crippen LogP contribution < -0.4 is 11.2 Å². The summed E-state index contributed by atoms with van der Waals surface area (Å²) >= 11 is 1.59. The van der Waals surface area contributed by atoms with Crippen molar-refractivity contribution in [1.82, 2.24) is 5.43 Å². The van der Waals surface area contributed by atoms with E-state index in [1.807, 2.05) is 37.3 Å². The molecule has 0 fully saturated rings. The van der Waals surface area contributed by atoms with Crippen molar-refractivity contribution in [2.45, 2.75) is 33.1 Å². The van der Waals surface area contributed by atoms with Gasteiger partial charge in [-0.25, -0.2) is 5.43 Å². The third-order valence-corrected chi connectivity index (χ3v) is 5.42. The Morgan fingerprint density at radius 1 is 1.39 bits per heavy atom. The Bertz CT molecular complexity index is 763. The van der Waals surface area contributed by atoms with Crippen LogP contribution in [0.1, 0.15) is 45.9 Å². The van der Waals surface area contributed by atoms with Crippen molar-refractivity contribution >= 4 is 28.6 Å². The summed E-state index contributed by atoms with van der Waals surface area (Å²) in [5.41, 5.74) is 12.1. The zero-order valence-electron chi connectivity index (χ0n) is 13.4. The Morgan fingerprint density at radius 2 is 2.22 bits per heavy atom. The lowest BCUT2D eigenvalue weighted by Crippen LogP contribution is -2.18. The first-order valence-electron chi connectivity index (χ1n) is 7.85. The number of rotatable bonds is 3. The van der Waals surface area contributed by atoms with Crippen molar-refractivity contribution in [3.63, 3.8) is 0 Å². The van der Waals surface area contributed by atoms with Crippen molar-refractivity contribution in [3.05, 3.63) is 51.2 Å². The lowest BCUT2D eigenvalue weighted by atomic mass is 9.90. The summed E-state index contributed by atoms with van der Waals surface area (Å²) in [4.78, 5) is 14.4. The standard InChI is InChI=1S/C18H21N3OS/c1-11-6-7-16-14(8-11)10-17(23-16)18(22)21-20-12(2)13-4-3-5-15(19)9-13/h3-5,9-11H,6-8,19H2,1-2H3,(H,21,22)/b20-12-/t11-/m0/s1. The summed E-state index contributed by atoms with van der Waals surface area (Å²) in [6.07, 6.45) is 3.37. The van der Waals surface area contributed by atoms with Gasteiger partial charge in [0.05, 0.1) is 10.6 Å². The summed E-state index contributed by atoms with van der Waals surface area (Å²) in [5.74, 6) is 0.567. The number of nitrogens with zero attached hydrogens (tertiary/aromatic N) is 1. The second-order valence-electron chi connectivity index (χ2n) is 6.17. The summed E-state index contributed by atoms with van der Waals surface area (Å²) in [7, 11) is 0. The van der Waals surface area contributed by atoms with Gasteiger partial charge in [0.2, 0.25) is 0 Å². The molecular formula is C18H21N3OS. The molecule has 0 saturated heterocycles. The van der Waals surface area contributed by atoms with Gasteiger partial charge in [0.1, 0.15) is 0 Å². The van der Waals surface area contributed by atoms with E-state index in [9.17, 15) is 4.79 Å². The molecule has 1 aliphatic rings. The molecule has 5 heteroatoms. The molecule has 1 aliphatic carbocycles. The highest BCUT2D eigenvalue weighted by Gasteiger charge is 2.20. The maximum Gasteiger partial charge on any atom is 0.281 e. The third kappa shape index (κ3) is 3.62. The van der Waals surface area contributed by atoms with E-state index in [-0.39, 0.29) is 5.91 Å². The van der Waals surface area contributed by atoms with Crippen LogP contribution in [0.25, 0.3) is 0 Å². The molecule has 1 amide bonds. The van der Waals surface area contributed by atoms with E-state index in [1.165, 1.54) is 16.9 Å². The fourth-order valence-corrected chi connectivity index (χ4v) is 3.93. The molecule has 4 nitrogen and oxygen atoms in total. The molecule has 3 N–H and O–H groups in total. The van der Waals surface area contributed by atoms with E-state index >= 15 is 0 Å². The third-order valence-electron chi connectivity index (χ3n) is 4.18. The molecule has 1 heterocycles. The van der Waals surface area contributed by atoms with Gasteiger partial charge in [0, 0.05) is 10.6 Å². The molecule has 0 saturated carbocycles. The quantitative estimate of drug-likeness (QED) is 0.514. The topological polar surface area (TPSA) is 67.5 Å². The molecule has 1 aromatic heterocycles. The summed E-state index contributed by atoms with van der Waals surface area (Å²) < 4.78 is 0. The van der Waals surface area contributed by atoms with Gasteiger partial charge < -0.3 is 5.73 Å². The number of hydrazone groups is 1. The molecule has 1 aromatic carbocycles. The van der Waals surface area contributed by atoms with Gasteiger partial charge in [-0.3, -0.25) is 4.79 Å². The van der Waals surface area contributed by atoms with E-state index in [1.54, 1.807) is 11.3 Å². The number of nitrogens with one attached hydrogen (secondary N) is 1. The first kappa shape index (κ1) is 15.7. The van der Waals surface area contributed by atoms with Crippen LogP contribution in [0.15, 0.2) is 35.4 Å². The van der Waals surface area contributed by atoms with Crippen LogP contribution in [0.3, 0.4) is 0 Å². The number of hydrogen-bond acceptors (Lipinski definition) is 4. The molecule has 0 bridgehead atoms. The van der Waals surface area contributed by atoms with Crippen molar-refractivity contribution in [2.75, 3.05) is 5.73 Å². The molecule has 3 rings (SSSR count). The second kappa shape index (κ2) is 6.54. The Kier molecular flexibility index (Phi) is 4.48. The number of carbonyl (C=O) groups is 1. The van der Waals surface area contributed by atoms with Gasteiger partial charge in [0.15, 0.2) is 0 Å². The van der Waals surface area contributed by atoms with E-state index in [0.717, 1.165) is 29.0 Å². The summed E-state index contributed by atoms with van der Waals surface area (Å²) in [5, 5.41) is 4.20. The Morgan fingerprint density at radius 3 is 3.00 bits per heavy atom. The van der Waals surface area contributed by atoms with Crippen LogP contribution in [0.4, 0.5) is 5.69 Å². The first-order valence-corrected chi connectivity index (χ1v) is 8.66. The molecular weight excluding hydrogens is 306 g/mol. The van der Waals surface area contributed by atoms with Crippen molar-refractivity contribution in [2.24, 2.45) is 11.0 Å². The summed E-state index contributed by atoms with van der Waals surface area (Å²) in [6, 6.07) is 9.49. The molecule has 120 valence electrons. The second-order valence-corrected chi connectivity index (χ2v) is 7.31. The van der Waals surface area contributed by atoms with E-state index in [2.05, 4.69) is 17.5 Å². The molecule has 2 aromatic rings. The fourth-order valence-electron chi connectivity index (χ4n) is 2.84. The van der Waals surface area contributed by atoms with Crippen LogP contribution in [0.5, 0.6) is 0 Å². The first-order chi connectivity index (χ1) is 11.0. The molecule has 0 radical (unpaired) electrons. The lowest BCUT2D eigenvalue weighted by Gasteiger charge is -2.16. The smallest absolute Gasteiger partial charge is 0.281 e. The number of hydrogen-bond donors (Lipinski definition) is 2. The number of fused-ring (bicyclic) bond motifs is 1. The van der Waals surface area contributed by atoms with E-state index in [0.29, 0.717) is 11.6 Å². The predicted molar refractivity (Wildman–Crippen MR) is 96.0 cm³/mol. The Balaban J connectivity index is 1.71. The maximum absolute atomic E-state index is 12.3. The minimum absolute atomic E-state index is 0.139. The van der Waals surface area contributed by atoms with Gasteiger partial charge in [-0.1, -0.05) is 19.1 Å². The number of nitrogen functional groups attached to an aromatic ring is 1. The average Bonchev–Trinajstić information content (AvgIpc) is 2.95. The SMILES string of the molecule is C/C(=N/NC(=O)c1cc2c(s1)CC[C@H](C)C2)c1cccc(N)c1. The van der Waals surface area contributed by atoms with Gasteiger partial charge in [-0.05, 0) is 61.4 Å². The molecule has 0 unspecified atom stereocenters. The fraction of sp³-hybridized carbons (Fsp3) is 0.333. The monoisotopic (exact) mass is 327 g/mol. The van der Waals surface area contributed by atoms with Crippen LogP contribution >= 0.6 is 11.3 Å². The van der Waals surface area contributed by atoms with Crippen molar-refractivity contribution in [1.29, 1.82) is 0 Å². The lowest BCUT2D eigenvalue weighted by molar-refractivity contribution is 0.0959. The van der Waals surface area contributed by atoms with Crippen molar-refractivity contribution < 1.29 is 4.79 Å². The number of nitrogens with two attached hydrogens (primary N) is 1. The number of benzene rings is 1. The molecule has 0 spiro atoms. The minimum atomic E-state index is -0.139. The maximum atomic E-state index is 12.3. The van der Waals surface area contributed by atoms with Crippen LogP contribution in [-0.2, 0) is 12.8 Å². The minimum Gasteiger partial charge on any atom is -0.399 e. The Hall–Kier alpha value is -2.14. The molecule has 1 atom stereocenters. The van der Waals surface area contributed by atoms with Gasteiger partial charge >= 0.3 is 0 Å². The number of amides is 1. The summed E-state index contributed by atoms with van der Waals surface area (Å²) in [6.45, 7) is 4.12. The number of aryl methyl sites for hydroxylation is 1. The van der Waals surface area contributed by atoms with Crippen LogP contribution in [0.2, 0.25) is 0 Å². The average molecular weight is 327 g/mol. The molecule has 23 heavy (non-hydrogen) atoms. The van der Waals surface area contributed by atoms with Gasteiger partial charge in [0.25, 0.3) is 5.91 Å². The molecule has 0 aliphatic heterocycles. The van der Waals surface area contributed by atoms with Gasteiger partial charge in [-0.2, -0.15) is 5.10 Å². The zero-order valence-corrected chi connectivity index (χ0v) is 14.2. The largest absolute Gasteiger partial charge is 0.399 e. The predicted octanol–water partition coefficient (Wildman–Crippen LogP) is 3.61. The Labute approximate surface area is 140 Å². The highest BCUT2D eigenvalue weighted by atomic mass is 32.1. The van der Waals surface area contributed by atoms with E-state index < -0.39 is 0 Å². The zero-order chi connectivity index (χ0) is 16.4. The highest BCUT2D eigenvalue weighted by molar-refractivity contribution is 7.14. The number of thiophene rings is 1. The van der Waals surface area contributed by atoms with Crippen LogP contribution in [-0.4, -0.2) is 11.6 Å². The highest BCUT2D eigenvalue weighted by Crippen LogP contribution is 2.32. The van der Waals surface area contributed by atoms with Crippen LogP contribution in [0, 0.1) is 5.92 Å². The van der Waals surface area contributed by atoms with Crippen molar-refractivity contribution in [3.8, 4) is 0 Å². The van der Waals surface area contributed by atoms with Gasteiger partial charge in [-0.15, -0.1) is 11.3 Å². The number of anilines is 1. The number of carbonyl (C=O) groups excluding carboxylic acids is 1.